The second-order valence-electron chi connectivity index (χ2n) is 6.11. The first-order valence-corrected chi connectivity index (χ1v) is 8.72. The normalized spacial score (nSPS) is 13.8. The highest BCUT2D eigenvalue weighted by Crippen LogP contribution is 2.33. The van der Waals surface area contributed by atoms with E-state index in [4.69, 9.17) is 23.2 Å². The van der Waals surface area contributed by atoms with Gasteiger partial charge in [0.15, 0.2) is 0 Å². The van der Waals surface area contributed by atoms with E-state index in [1.807, 2.05) is 24.3 Å². The number of para-hydroxylation sites is 1. The SMILES string of the molecule is OC(Cn1cncn1)(Cn1ncc2ccccc21)c1ccc(Cl)cc1Cl. The Morgan fingerprint density at radius 3 is 2.65 bits per heavy atom. The molecule has 0 amide bonds. The van der Waals surface area contributed by atoms with Crippen molar-refractivity contribution >= 4 is 34.1 Å². The Balaban J connectivity index is 1.79. The molecule has 1 N–H and O–H groups in total. The fourth-order valence-corrected chi connectivity index (χ4v) is 3.65. The van der Waals surface area contributed by atoms with Crippen LogP contribution in [-0.4, -0.2) is 29.7 Å². The number of fused-ring (bicyclic) bond motifs is 1. The van der Waals surface area contributed by atoms with E-state index in [1.165, 1.54) is 6.33 Å². The Hall–Kier alpha value is -2.41. The first-order chi connectivity index (χ1) is 12.5. The van der Waals surface area contributed by atoms with E-state index in [1.54, 1.807) is 40.1 Å². The van der Waals surface area contributed by atoms with Crippen molar-refractivity contribution in [2.24, 2.45) is 0 Å². The number of halogens is 2. The van der Waals surface area contributed by atoms with E-state index < -0.39 is 5.60 Å². The van der Waals surface area contributed by atoms with Crippen LogP contribution in [-0.2, 0) is 18.7 Å². The van der Waals surface area contributed by atoms with Gasteiger partial charge in [0.05, 0.1) is 24.8 Å². The highest BCUT2D eigenvalue weighted by Gasteiger charge is 2.34. The molecule has 26 heavy (non-hydrogen) atoms. The summed E-state index contributed by atoms with van der Waals surface area (Å²) in [7, 11) is 0. The van der Waals surface area contributed by atoms with Crippen LogP contribution in [0, 0.1) is 0 Å². The summed E-state index contributed by atoms with van der Waals surface area (Å²) in [5, 5.41) is 22.0. The van der Waals surface area contributed by atoms with Crippen molar-refractivity contribution in [3.05, 3.63) is 76.9 Å². The van der Waals surface area contributed by atoms with Gasteiger partial charge in [-0.25, -0.2) is 9.67 Å². The van der Waals surface area contributed by atoms with Gasteiger partial charge in [0.25, 0.3) is 0 Å². The molecule has 4 rings (SSSR count). The summed E-state index contributed by atoms with van der Waals surface area (Å²) in [6.07, 6.45) is 4.75. The van der Waals surface area contributed by atoms with Crippen molar-refractivity contribution < 1.29 is 5.11 Å². The number of benzene rings is 2. The summed E-state index contributed by atoms with van der Waals surface area (Å²) in [4.78, 5) is 3.95. The van der Waals surface area contributed by atoms with E-state index in [0.717, 1.165) is 10.9 Å². The molecule has 0 saturated carbocycles. The smallest absolute Gasteiger partial charge is 0.137 e. The summed E-state index contributed by atoms with van der Waals surface area (Å²) < 4.78 is 3.33. The Morgan fingerprint density at radius 1 is 1.04 bits per heavy atom. The Kier molecular flexibility index (Phi) is 4.40. The van der Waals surface area contributed by atoms with Gasteiger partial charge in [0.2, 0.25) is 0 Å². The lowest BCUT2D eigenvalue weighted by Crippen LogP contribution is -2.37. The van der Waals surface area contributed by atoms with Crippen LogP contribution in [0.3, 0.4) is 0 Å². The number of hydrogen-bond acceptors (Lipinski definition) is 4. The molecule has 0 aliphatic carbocycles. The van der Waals surface area contributed by atoms with Crippen molar-refractivity contribution in [2.45, 2.75) is 18.7 Å². The molecule has 0 saturated heterocycles. The lowest BCUT2D eigenvalue weighted by atomic mass is 9.93. The fraction of sp³-hybridized carbons (Fsp3) is 0.167. The standard InChI is InChI=1S/C18H15Cl2N5O/c19-14-5-6-15(16(20)7-14)18(26,9-24-12-21-11-23-24)10-25-17-4-2-1-3-13(17)8-22-25/h1-8,11-12,26H,9-10H2. The zero-order valence-electron chi connectivity index (χ0n) is 13.6. The molecule has 0 aliphatic heterocycles. The number of aliphatic hydroxyl groups is 1. The maximum Gasteiger partial charge on any atom is 0.137 e. The Labute approximate surface area is 159 Å². The van der Waals surface area contributed by atoms with Crippen LogP contribution >= 0.6 is 23.2 Å². The van der Waals surface area contributed by atoms with Gasteiger partial charge in [0, 0.05) is 21.0 Å². The highest BCUT2D eigenvalue weighted by molar-refractivity contribution is 6.35. The second kappa shape index (κ2) is 6.72. The predicted octanol–water partition coefficient (Wildman–Crippen LogP) is 3.52. The third-order valence-electron chi connectivity index (χ3n) is 4.29. The van der Waals surface area contributed by atoms with E-state index in [-0.39, 0.29) is 13.1 Å². The lowest BCUT2D eigenvalue weighted by Gasteiger charge is -2.29. The summed E-state index contributed by atoms with van der Waals surface area (Å²) in [5.74, 6) is 0. The predicted molar refractivity (Wildman–Crippen MR) is 100 cm³/mol. The van der Waals surface area contributed by atoms with Crippen LogP contribution in [0.2, 0.25) is 10.0 Å². The molecule has 2 aromatic carbocycles. The summed E-state index contributed by atoms with van der Waals surface area (Å²) >= 11 is 12.4. The number of nitrogens with zero attached hydrogens (tertiary/aromatic N) is 5. The Bertz CT molecular complexity index is 1050. The van der Waals surface area contributed by atoms with E-state index >= 15 is 0 Å². The van der Waals surface area contributed by atoms with Crippen molar-refractivity contribution in [3.8, 4) is 0 Å². The van der Waals surface area contributed by atoms with Crippen LogP contribution in [0.25, 0.3) is 10.9 Å². The molecule has 0 radical (unpaired) electrons. The van der Waals surface area contributed by atoms with Gasteiger partial charge in [-0.2, -0.15) is 10.2 Å². The molecule has 1 unspecified atom stereocenters. The van der Waals surface area contributed by atoms with Crippen LogP contribution in [0.1, 0.15) is 5.56 Å². The first-order valence-electron chi connectivity index (χ1n) is 7.96. The summed E-state index contributed by atoms with van der Waals surface area (Å²) in [6.45, 7) is 0.365. The van der Waals surface area contributed by atoms with Gasteiger partial charge in [-0.3, -0.25) is 4.68 Å². The summed E-state index contributed by atoms with van der Waals surface area (Å²) in [5.41, 5.74) is 0.123. The average molecular weight is 388 g/mol. The molecule has 6 nitrogen and oxygen atoms in total. The second-order valence-corrected chi connectivity index (χ2v) is 6.95. The lowest BCUT2D eigenvalue weighted by molar-refractivity contribution is -0.00407. The first kappa shape index (κ1) is 17.0. The van der Waals surface area contributed by atoms with E-state index in [0.29, 0.717) is 15.6 Å². The minimum absolute atomic E-state index is 0.169. The van der Waals surface area contributed by atoms with Gasteiger partial charge in [-0.1, -0.05) is 47.5 Å². The van der Waals surface area contributed by atoms with E-state index in [9.17, 15) is 5.11 Å². The molecule has 1 atom stereocenters. The number of aromatic nitrogens is 5. The molecule has 2 aromatic heterocycles. The van der Waals surface area contributed by atoms with Crippen LogP contribution in [0.5, 0.6) is 0 Å². The zero-order chi connectivity index (χ0) is 18.1. The van der Waals surface area contributed by atoms with Crippen LogP contribution < -0.4 is 0 Å². The fourth-order valence-electron chi connectivity index (χ4n) is 3.07. The molecule has 8 heteroatoms. The quantitative estimate of drug-likeness (QED) is 0.568. The zero-order valence-corrected chi connectivity index (χ0v) is 15.1. The van der Waals surface area contributed by atoms with Crippen molar-refractivity contribution in [2.75, 3.05) is 0 Å². The van der Waals surface area contributed by atoms with Gasteiger partial charge >= 0.3 is 0 Å². The summed E-state index contributed by atoms with van der Waals surface area (Å²) in [6, 6.07) is 12.9. The third-order valence-corrected chi connectivity index (χ3v) is 4.83. The highest BCUT2D eigenvalue weighted by atomic mass is 35.5. The molecular weight excluding hydrogens is 373 g/mol. The van der Waals surface area contributed by atoms with Crippen molar-refractivity contribution in [3.63, 3.8) is 0 Å². The molecular formula is C18H15Cl2N5O. The number of rotatable bonds is 5. The average Bonchev–Trinajstić information content (AvgIpc) is 3.25. The molecule has 0 bridgehead atoms. The molecule has 0 spiro atoms. The molecule has 0 fully saturated rings. The van der Waals surface area contributed by atoms with Gasteiger partial charge in [0.1, 0.15) is 18.3 Å². The molecule has 2 heterocycles. The maximum absolute atomic E-state index is 11.6. The minimum Gasteiger partial charge on any atom is -0.381 e. The van der Waals surface area contributed by atoms with Gasteiger partial charge in [-0.15, -0.1) is 0 Å². The van der Waals surface area contributed by atoms with Crippen LogP contribution in [0.4, 0.5) is 0 Å². The van der Waals surface area contributed by atoms with Crippen molar-refractivity contribution in [1.29, 1.82) is 0 Å². The monoisotopic (exact) mass is 387 g/mol. The topological polar surface area (TPSA) is 68.8 Å². The maximum atomic E-state index is 11.6. The number of hydrogen-bond donors (Lipinski definition) is 1. The largest absolute Gasteiger partial charge is 0.381 e. The molecule has 132 valence electrons. The van der Waals surface area contributed by atoms with Gasteiger partial charge in [-0.05, 0) is 18.2 Å². The van der Waals surface area contributed by atoms with Crippen molar-refractivity contribution in [1.82, 2.24) is 24.5 Å². The Morgan fingerprint density at radius 2 is 1.88 bits per heavy atom. The molecule has 4 aromatic rings. The molecule has 0 aliphatic rings. The minimum atomic E-state index is -1.36. The third kappa shape index (κ3) is 3.19. The van der Waals surface area contributed by atoms with E-state index in [2.05, 4.69) is 15.2 Å². The van der Waals surface area contributed by atoms with Crippen LogP contribution in [0.15, 0.2) is 61.3 Å². The van der Waals surface area contributed by atoms with Gasteiger partial charge < -0.3 is 5.11 Å².